The van der Waals surface area contributed by atoms with E-state index in [0.717, 1.165) is 45.4 Å². The summed E-state index contributed by atoms with van der Waals surface area (Å²) in [6.07, 6.45) is 4.05. The molecule has 2 unspecified atom stereocenters. The quantitative estimate of drug-likeness (QED) is 0.514. The van der Waals surface area contributed by atoms with Gasteiger partial charge in [-0.15, -0.1) is 0 Å². The summed E-state index contributed by atoms with van der Waals surface area (Å²) in [7, 11) is 0. The zero-order chi connectivity index (χ0) is 25.2. The minimum absolute atomic E-state index is 0.0423. The molecule has 1 aromatic carbocycles. The zero-order valence-corrected chi connectivity index (χ0v) is 20.9. The van der Waals surface area contributed by atoms with Gasteiger partial charge in [-0.1, -0.05) is 49.8 Å². The first-order valence-corrected chi connectivity index (χ1v) is 13.1. The van der Waals surface area contributed by atoms with E-state index in [-0.39, 0.29) is 22.2 Å². The van der Waals surface area contributed by atoms with Crippen LogP contribution < -0.4 is 5.32 Å². The Morgan fingerprint density at radius 3 is 2.37 bits per heavy atom. The Morgan fingerprint density at radius 2 is 1.69 bits per heavy atom. The second kappa shape index (κ2) is 8.21. The first-order chi connectivity index (χ1) is 16.4. The van der Waals surface area contributed by atoms with Gasteiger partial charge in [0.2, 0.25) is 5.91 Å². The number of fused-ring (bicyclic) bond motifs is 5. The van der Waals surface area contributed by atoms with Crippen LogP contribution in [0.3, 0.4) is 0 Å². The number of carbonyl (C=O) groups excluding carboxylic acids is 2. The lowest BCUT2D eigenvalue weighted by molar-refractivity contribution is -0.199. The van der Waals surface area contributed by atoms with Gasteiger partial charge in [-0.05, 0) is 92.1 Å². The molecule has 0 spiro atoms. The van der Waals surface area contributed by atoms with Crippen molar-refractivity contribution in [3.05, 3.63) is 47.5 Å². The average Bonchev–Trinajstić information content (AvgIpc) is 3.16. The number of hydrogen-bond donors (Lipinski definition) is 1. The fourth-order valence-electron chi connectivity index (χ4n) is 8.40. The van der Waals surface area contributed by atoms with Gasteiger partial charge in [-0.3, -0.25) is 9.59 Å². The Kier molecular flexibility index (Phi) is 5.76. The van der Waals surface area contributed by atoms with Crippen molar-refractivity contribution in [3.63, 3.8) is 0 Å². The van der Waals surface area contributed by atoms with Crippen LogP contribution in [-0.2, 0) is 15.1 Å². The molecule has 4 aliphatic carbocycles. The second-order valence-corrected chi connectivity index (χ2v) is 12.1. The van der Waals surface area contributed by atoms with Crippen LogP contribution in [0.1, 0.15) is 77.7 Å². The van der Waals surface area contributed by atoms with Crippen molar-refractivity contribution in [2.45, 2.75) is 83.9 Å². The molecule has 4 aliphatic rings. The van der Waals surface area contributed by atoms with Crippen molar-refractivity contribution in [3.8, 4) is 0 Å². The van der Waals surface area contributed by atoms with Crippen LogP contribution in [0.2, 0.25) is 0 Å². The van der Waals surface area contributed by atoms with Crippen molar-refractivity contribution in [1.29, 1.82) is 0 Å². The number of hydrogen-bond acceptors (Lipinski definition) is 2. The van der Waals surface area contributed by atoms with E-state index in [0.29, 0.717) is 30.6 Å². The molecule has 3 fully saturated rings. The highest BCUT2D eigenvalue weighted by atomic mass is 19.4. The van der Waals surface area contributed by atoms with Crippen LogP contribution in [0.5, 0.6) is 0 Å². The molecule has 35 heavy (non-hydrogen) atoms. The molecule has 0 aliphatic heterocycles. The molecule has 3 saturated carbocycles. The highest BCUT2D eigenvalue weighted by Gasteiger charge is 2.61. The van der Waals surface area contributed by atoms with E-state index in [1.54, 1.807) is 18.2 Å². The van der Waals surface area contributed by atoms with Crippen LogP contribution in [0, 0.1) is 34.5 Å². The Balaban J connectivity index is 1.39. The number of alkyl halides is 3. The van der Waals surface area contributed by atoms with Crippen LogP contribution in [0.15, 0.2) is 42.0 Å². The third-order valence-electron chi connectivity index (χ3n) is 10.6. The summed E-state index contributed by atoms with van der Waals surface area (Å²) in [6, 6.07) is 7.69. The van der Waals surface area contributed by atoms with Gasteiger partial charge in [-0.25, -0.2) is 0 Å². The number of allylic oxidation sites excluding steroid dienone is 1. The third kappa shape index (κ3) is 3.69. The van der Waals surface area contributed by atoms with Gasteiger partial charge < -0.3 is 5.32 Å². The van der Waals surface area contributed by atoms with Gasteiger partial charge in [0, 0.05) is 12.3 Å². The SMILES string of the molecule is CC(NC(=O)C1CC[C@H]2[C@@H]3CCC4=CC(=O)CC[C@]4(C)[C@@H]3CC[C@]12C)(c1ccccc1)C(F)(F)F. The van der Waals surface area contributed by atoms with E-state index in [9.17, 15) is 22.8 Å². The molecule has 6 heteroatoms. The Hall–Kier alpha value is -2.11. The van der Waals surface area contributed by atoms with Crippen molar-refractivity contribution in [2.75, 3.05) is 0 Å². The van der Waals surface area contributed by atoms with Crippen molar-refractivity contribution < 1.29 is 22.8 Å². The molecule has 1 N–H and O–H groups in total. The number of halogens is 3. The lowest BCUT2D eigenvalue weighted by Crippen LogP contribution is -2.57. The molecule has 0 bridgehead atoms. The highest BCUT2D eigenvalue weighted by molar-refractivity contribution is 5.91. The smallest absolute Gasteiger partial charge is 0.338 e. The maximum Gasteiger partial charge on any atom is 0.415 e. The van der Waals surface area contributed by atoms with Gasteiger partial charge >= 0.3 is 6.18 Å². The highest BCUT2D eigenvalue weighted by Crippen LogP contribution is 2.66. The molecule has 0 radical (unpaired) electrons. The maximum atomic E-state index is 14.3. The normalized spacial score (nSPS) is 38.5. The average molecular weight is 488 g/mol. The predicted octanol–water partition coefficient (Wildman–Crippen LogP) is 6.73. The zero-order valence-electron chi connectivity index (χ0n) is 20.9. The summed E-state index contributed by atoms with van der Waals surface area (Å²) in [6.45, 7) is 5.54. The monoisotopic (exact) mass is 487 g/mol. The molecule has 0 heterocycles. The first kappa shape index (κ1) is 24.6. The van der Waals surface area contributed by atoms with Gasteiger partial charge in [-0.2, -0.15) is 13.2 Å². The van der Waals surface area contributed by atoms with Crippen LogP contribution >= 0.6 is 0 Å². The summed E-state index contributed by atoms with van der Waals surface area (Å²) in [5.41, 5.74) is -1.33. The molecular formula is C29H36F3NO2. The first-order valence-electron chi connectivity index (χ1n) is 13.1. The van der Waals surface area contributed by atoms with Gasteiger partial charge in [0.25, 0.3) is 0 Å². The number of amides is 1. The molecule has 3 nitrogen and oxygen atoms in total. The summed E-state index contributed by atoms with van der Waals surface area (Å²) in [5, 5.41) is 2.47. The van der Waals surface area contributed by atoms with Crippen molar-refractivity contribution >= 4 is 11.7 Å². The number of rotatable bonds is 3. The van der Waals surface area contributed by atoms with E-state index in [1.165, 1.54) is 17.7 Å². The Labute approximate surface area is 205 Å². The molecule has 0 saturated heterocycles. The lowest BCUT2D eigenvalue weighted by Gasteiger charge is -2.58. The molecule has 1 aromatic rings. The molecule has 5 rings (SSSR count). The molecule has 7 atom stereocenters. The Morgan fingerprint density at radius 1 is 0.971 bits per heavy atom. The van der Waals surface area contributed by atoms with Crippen molar-refractivity contribution in [1.82, 2.24) is 5.32 Å². The van der Waals surface area contributed by atoms with E-state index in [2.05, 4.69) is 19.2 Å². The van der Waals surface area contributed by atoms with Gasteiger partial charge in [0.1, 0.15) is 0 Å². The van der Waals surface area contributed by atoms with E-state index in [4.69, 9.17) is 0 Å². The van der Waals surface area contributed by atoms with Crippen LogP contribution in [0.4, 0.5) is 13.2 Å². The molecular weight excluding hydrogens is 451 g/mol. The standard InChI is InChI=1S/C29H36F3NO2/c1-26-15-13-20(34)17-19(26)9-10-21-22-11-12-24(27(22,2)16-14-23(21)26)25(35)33-28(3,29(30,31)32)18-7-5-4-6-8-18/h4-8,17,21-24H,9-16H2,1-3H3,(H,33,35)/t21-,22-,23+,24?,26-,27-,28?/m0/s1. The number of benzene rings is 1. The van der Waals surface area contributed by atoms with Gasteiger partial charge in [0.05, 0.1) is 0 Å². The number of nitrogens with one attached hydrogen (secondary N) is 1. The minimum Gasteiger partial charge on any atom is -0.338 e. The minimum atomic E-state index is -4.61. The fraction of sp³-hybridized carbons (Fsp3) is 0.655. The predicted molar refractivity (Wildman–Crippen MR) is 128 cm³/mol. The van der Waals surface area contributed by atoms with E-state index < -0.39 is 23.5 Å². The summed E-state index contributed by atoms with van der Waals surface area (Å²) in [4.78, 5) is 25.6. The summed E-state index contributed by atoms with van der Waals surface area (Å²) in [5.74, 6) is 0.631. The van der Waals surface area contributed by atoms with Gasteiger partial charge in [0.15, 0.2) is 11.3 Å². The van der Waals surface area contributed by atoms with Crippen molar-refractivity contribution in [2.24, 2.45) is 34.5 Å². The maximum absolute atomic E-state index is 14.3. The summed E-state index contributed by atoms with van der Waals surface area (Å²) < 4.78 is 42.8. The Bertz CT molecular complexity index is 1050. The second-order valence-electron chi connectivity index (χ2n) is 12.1. The molecule has 190 valence electrons. The topological polar surface area (TPSA) is 46.2 Å². The largest absolute Gasteiger partial charge is 0.415 e. The van der Waals surface area contributed by atoms with Crippen LogP contribution in [0.25, 0.3) is 0 Å². The van der Waals surface area contributed by atoms with E-state index in [1.807, 2.05) is 6.08 Å². The molecule has 1 amide bonds. The third-order valence-corrected chi connectivity index (χ3v) is 10.6. The molecule has 0 aromatic heterocycles. The fourth-order valence-corrected chi connectivity index (χ4v) is 8.40. The van der Waals surface area contributed by atoms with E-state index >= 15 is 0 Å². The summed E-state index contributed by atoms with van der Waals surface area (Å²) >= 11 is 0. The van der Waals surface area contributed by atoms with Crippen LogP contribution in [-0.4, -0.2) is 17.9 Å². The lowest BCUT2D eigenvalue weighted by atomic mass is 9.47. The number of ketones is 1. The number of carbonyl (C=O) groups is 2.